The molecule has 0 N–H and O–H groups in total. The molecule has 0 aliphatic carbocycles. The van der Waals surface area contributed by atoms with E-state index in [-0.39, 0.29) is 13.6 Å². The van der Waals surface area contributed by atoms with Gasteiger partial charge in [0.2, 0.25) is 0 Å². The summed E-state index contributed by atoms with van der Waals surface area (Å²) in [7, 11) is 6.22. The standard InChI is InChI=1S/C13H20O6/c1-9-12(17-5)11(18-7-14-2)6-10(16-4)13(9)19-8-15-3/h6H,7-8H2,1-5H3. The van der Waals surface area contributed by atoms with Gasteiger partial charge in [0, 0.05) is 25.8 Å². The van der Waals surface area contributed by atoms with Gasteiger partial charge in [0.25, 0.3) is 0 Å². The van der Waals surface area contributed by atoms with Crippen molar-refractivity contribution in [2.45, 2.75) is 6.92 Å². The molecular weight excluding hydrogens is 252 g/mol. The molecule has 6 heteroatoms. The Labute approximate surface area is 113 Å². The molecule has 1 rings (SSSR count). The zero-order chi connectivity index (χ0) is 14.3. The van der Waals surface area contributed by atoms with Gasteiger partial charge in [-0.05, 0) is 6.92 Å². The van der Waals surface area contributed by atoms with Crippen LogP contribution in [-0.4, -0.2) is 42.0 Å². The van der Waals surface area contributed by atoms with Gasteiger partial charge in [0.05, 0.1) is 14.2 Å². The van der Waals surface area contributed by atoms with Crippen LogP contribution in [0.3, 0.4) is 0 Å². The smallest absolute Gasteiger partial charge is 0.188 e. The van der Waals surface area contributed by atoms with Crippen LogP contribution in [0.2, 0.25) is 0 Å². The minimum Gasteiger partial charge on any atom is -0.493 e. The van der Waals surface area contributed by atoms with Crippen molar-refractivity contribution in [2.75, 3.05) is 42.0 Å². The number of hydrogen-bond donors (Lipinski definition) is 0. The molecule has 0 unspecified atom stereocenters. The normalized spacial score (nSPS) is 10.2. The van der Waals surface area contributed by atoms with Gasteiger partial charge in [0.15, 0.2) is 36.6 Å². The second-order valence-corrected chi connectivity index (χ2v) is 3.67. The maximum Gasteiger partial charge on any atom is 0.188 e. The van der Waals surface area contributed by atoms with Gasteiger partial charge in [-0.3, -0.25) is 0 Å². The molecule has 0 spiro atoms. The molecule has 0 heterocycles. The topological polar surface area (TPSA) is 55.4 Å². The van der Waals surface area contributed by atoms with Crippen LogP contribution in [0.4, 0.5) is 0 Å². The highest BCUT2D eigenvalue weighted by molar-refractivity contribution is 5.60. The minimum atomic E-state index is 0.122. The van der Waals surface area contributed by atoms with Gasteiger partial charge in [0.1, 0.15) is 0 Å². The lowest BCUT2D eigenvalue weighted by molar-refractivity contribution is 0.0447. The molecule has 0 aliphatic rings. The molecule has 0 aliphatic heterocycles. The Morgan fingerprint density at radius 1 is 0.789 bits per heavy atom. The molecule has 108 valence electrons. The molecule has 0 atom stereocenters. The Bertz CT molecular complexity index is 405. The SMILES string of the molecule is COCOc1cc(OC)c(OCOC)c(C)c1OC. The van der Waals surface area contributed by atoms with Crippen molar-refractivity contribution in [3.63, 3.8) is 0 Å². The third-order valence-corrected chi connectivity index (χ3v) is 2.47. The van der Waals surface area contributed by atoms with E-state index in [9.17, 15) is 0 Å². The lowest BCUT2D eigenvalue weighted by Crippen LogP contribution is -2.06. The number of ether oxygens (including phenoxy) is 6. The fraction of sp³-hybridized carbons (Fsp3) is 0.538. The summed E-state index contributed by atoms with van der Waals surface area (Å²) in [5.41, 5.74) is 0.769. The summed E-state index contributed by atoms with van der Waals surface area (Å²) in [6.07, 6.45) is 0. The second-order valence-electron chi connectivity index (χ2n) is 3.67. The van der Waals surface area contributed by atoms with Crippen molar-refractivity contribution in [2.24, 2.45) is 0 Å². The molecule has 0 saturated carbocycles. The van der Waals surface area contributed by atoms with Crippen LogP contribution >= 0.6 is 0 Å². The van der Waals surface area contributed by atoms with E-state index in [0.717, 1.165) is 5.56 Å². The highest BCUT2D eigenvalue weighted by Gasteiger charge is 2.19. The Hall–Kier alpha value is -1.66. The van der Waals surface area contributed by atoms with Gasteiger partial charge < -0.3 is 28.4 Å². The van der Waals surface area contributed by atoms with E-state index in [2.05, 4.69) is 0 Å². The maximum absolute atomic E-state index is 5.50. The minimum absolute atomic E-state index is 0.122. The summed E-state index contributed by atoms with van der Waals surface area (Å²) in [6, 6.07) is 1.69. The Morgan fingerprint density at radius 2 is 1.42 bits per heavy atom. The van der Waals surface area contributed by atoms with Crippen molar-refractivity contribution >= 4 is 0 Å². The van der Waals surface area contributed by atoms with Gasteiger partial charge in [-0.2, -0.15) is 0 Å². The van der Waals surface area contributed by atoms with Crippen LogP contribution in [0, 0.1) is 6.92 Å². The lowest BCUT2D eigenvalue weighted by atomic mass is 10.1. The van der Waals surface area contributed by atoms with Crippen molar-refractivity contribution in [3.8, 4) is 23.0 Å². The number of benzene rings is 1. The fourth-order valence-electron chi connectivity index (χ4n) is 1.66. The highest BCUT2D eigenvalue weighted by atomic mass is 16.7. The van der Waals surface area contributed by atoms with E-state index in [1.54, 1.807) is 34.5 Å². The summed E-state index contributed by atoms with van der Waals surface area (Å²) in [5, 5.41) is 0. The monoisotopic (exact) mass is 272 g/mol. The highest BCUT2D eigenvalue weighted by Crippen LogP contribution is 2.44. The quantitative estimate of drug-likeness (QED) is 0.674. The molecule has 0 saturated heterocycles. The summed E-state index contributed by atoms with van der Waals surface area (Å²) in [4.78, 5) is 0. The zero-order valence-electron chi connectivity index (χ0n) is 11.9. The summed E-state index contributed by atoms with van der Waals surface area (Å²) in [6.45, 7) is 2.10. The number of hydrogen-bond acceptors (Lipinski definition) is 6. The molecule has 19 heavy (non-hydrogen) atoms. The summed E-state index contributed by atoms with van der Waals surface area (Å²) >= 11 is 0. The van der Waals surface area contributed by atoms with Gasteiger partial charge in [-0.1, -0.05) is 0 Å². The van der Waals surface area contributed by atoms with Gasteiger partial charge >= 0.3 is 0 Å². The third-order valence-electron chi connectivity index (χ3n) is 2.47. The molecule has 0 bridgehead atoms. The second kappa shape index (κ2) is 7.70. The van der Waals surface area contributed by atoms with Crippen LogP contribution < -0.4 is 18.9 Å². The van der Waals surface area contributed by atoms with Gasteiger partial charge in [-0.15, -0.1) is 0 Å². The first-order valence-electron chi connectivity index (χ1n) is 5.68. The maximum atomic E-state index is 5.50. The largest absolute Gasteiger partial charge is 0.493 e. The first-order chi connectivity index (χ1) is 9.19. The van der Waals surface area contributed by atoms with E-state index in [1.165, 1.54) is 0 Å². The van der Waals surface area contributed by atoms with Crippen LogP contribution in [-0.2, 0) is 9.47 Å². The summed E-state index contributed by atoms with van der Waals surface area (Å²) < 4.78 is 31.3. The predicted octanol–water partition coefficient (Wildman–Crippen LogP) is 1.98. The third kappa shape index (κ3) is 3.65. The molecule has 0 aromatic heterocycles. The molecule has 6 nitrogen and oxygen atoms in total. The van der Waals surface area contributed by atoms with Crippen molar-refractivity contribution in [1.82, 2.24) is 0 Å². The van der Waals surface area contributed by atoms with Crippen LogP contribution in [0.15, 0.2) is 6.07 Å². The van der Waals surface area contributed by atoms with Crippen LogP contribution in [0.25, 0.3) is 0 Å². The van der Waals surface area contributed by atoms with Crippen LogP contribution in [0.5, 0.6) is 23.0 Å². The van der Waals surface area contributed by atoms with Crippen molar-refractivity contribution in [1.29, 1.82) is 0 Å². The Morgan fingerprint density at radius 3 is 1.95 bits per heavy atom. The average molecular weight is 272 g/mol. The number of rotatable bonds is 8. The van der Waals surface area contributed by atoms with Crippen molar-refractivity contribution in [3.05, 3.63) is 11.6 Å². The predicted molar refractivity (Wildman–Crippen MR) is 69.3 cm³/mol. The molecular formula is C13H20O6. The lowest BCUT2D eigenvalue weighted by Gasteiger charge is -2.18. The number of methoxy groups -OCH3 is 4. The molecule has 0 radical (unpaired) electrons. The molecule has 1 aromatic carbocycles. The Balaban J connectivity index is 3.18. The first-order valence-corrected chi connectivity index (χ1v) is 5.68. The van der Waals surface area contributed by atoms with Crippen molar-refractivity contribution < 1.29 is 28.4 Å². The van der Waals surface area contributed by atoms with Crippen LogP contribution in [0.1, 0.15) is 5.56 Å². The molecule has 1 aromatic rings. The van der Waals surface area contributed by atoms with E-state index in [4.69, 9.17) is 28.4 Å². The van der Waals surface area contributed by atoms with E-state index < -0.39 is 0 Å². The molecule has 0 fully saturated rings. The molecule has 0 amide bonds. The first kappa shape index (κ1) is 15.4. The fourth-order valence-corrected chi connectivity index (χ4v) is 1.66. The van der Waals surface area contributed by atoms with E-state index >= 15 is 0 Å². The van der Waals surface area contributed by atoms with Gasteiger partial charge in [-0.25, -0.2) is 0 Å². The van der Waals surface area contributed by atoms with E-state index in [1.807, 2.05) is 6.92 Å². The Kier molecular flexibility index (Phi) is 6.24. The van der Waals surface area contributed by atoms with E-state index in [0.29, 0.717) is 23.0 Å². The summed E-state index contributed by atoms with van der Waals surface area (Å²) in [5.74, 6) is 2.21. The average Bonchev–Trinajstić information content (AvgIpc) is 2.43. The zero-order valence-corrected chi connectivity index (χ0v) is 11.9.